The SMILES string of the molecule is CC[C@@H](C(=O)NCC(C)C)N(Cc1ccccc1Cl)C(=O)CN(c1ccc(I)cc1)S(=O)(=O)c1ccccc1. The minimum absolute atomic E-state index is 0.0536. The average Bonchev–Trinajstić information content (AvgIpc) is 2.92. The molecular weight excluding hydrogens is 649 g/mol. The number of hydrogen-bond acceptors (Lipinski definition) is 4. The molecule has 0 aliphatic heterocycles. The summed E-state index contributed by atoms with van der Waals surface area (Å²) >= 11 is 8.56. The number of hydrogen-bond donors (Lipinski definition) is 1. The van der Waals surface area contributed by atoms with E-state index >= 15 is 0 Å². The first-order valence-corrected chi connectivity index (χ1v) is 15.6. The van der Waals surface area contributed by atoms with Crippen molar-refractivity contribution < 1.29 is 18.0 Å². The van der Waals surface area contributed by atoms with Crippen LogP contribution in [0.1, 0.15) is 32.8 Å². The summed E-state index contributed by atoms with van der Waals surface area (Å²) in [4.78, 5) is 28.8. The summed E-state index contributed by atoms with van der Waals surface area (Å²) in [5.74, 6) is -0.579. The fraction of sp³-hybridized carbons (Fsp3) is 0.310. The van der Waals surface area contributed by atoms with Gasteiger partial charge in [-0.3, -0.25) is 13.9 Å². The minimum Gasteiger partial charge on any atom is -0.354 e. The van der Waals surface area contributed by atoms with Crippen LogP contribution in [0.4, 0.5) is 5.69 Å². The van der Waals surface area contributed by atoms with E-state index in [2.05, 4.69) is 27.9 Å². The number of nitrogens with one attached hydrogen (secondary N) is 1. The zero-order chi connectivity index (χ0) is 28.6. The number of anilines is 1. The first-order chi connectivity index (χ1) is 18.5. The Morgan fingerprint density at radius 2 is 1.56 bits per heavy atom. The van der Waals surface area contributed by atoms with Gasteiger partial charge in [0.2, 0.25) is 11.8 Å². The van der Waals surface area contributed by atoms with Crippen LogP contribution in [0.5, 0.6) is 0 Å². The highest BCUT2D eigenvalue weighted by atomic mass is 127. The van der Waals surface area contributed by atoms with Gasteiger partial charge in [-0.25, -0.2) is 8.42 Å². The molecule has 1 N–H and O–H groups in total. The average molecular weight is 682 g/mol. The molecule has 39 heavy (non-hydrogen) atoms. The molecule has 2 amide bonds. The van der Waals surface area contributed by atoms with Gasteiger partial charge in [0.25, 0.3) is 10.0 Å². The van der Waals surface area contributed by atoms with Gasteiger partial charge in [0, 0.05) is 21.7 Å². The largest absolute Gasteiger partial charge is 0.354 e. The normalized spacial score (nSPS) is 12.2. The summed E-state index contributed by atoms with van der Waals surface area (Å²) in [5.41, 5.74) is 1.01. The predicted octanol–water partition coefficient (Wildman–Crippen LogP) is 5.72. The highest BCUT2D eigenvalue weighted by molar-refractivity contribution is 14.1. The lowest BCUT2D eigenvalue weighted by Gasteiger charge is -2.33. The monoisotopic (exact) mass is 681 g/mol. The topological polar surface area (TPSA) is 86.8 Å². The Balaban J connectivity index is 2.04. The molecule has 7 nitrogen and oxygen atoms in total. The van der Waals surface area contributed by atoms with Crippen molar-refractivity contribution in [3.63, 3.8) is 0 Å². The highest BCUT2D eigenvalue weighted by Gasteiger charge is 2.33. The number of amides is 2. The Labute approximate surface area is 249 Å². The lowest BCUT2D eigenvalue weighted by molar-refractivity contribution is -0.140. The number of rotatable bonds is 12. The quantitative estimate of drug-likeness (QED) is 0.248. The van der Waals surface area contributed by atoms with Gasteiger partial charge < -0.3 is 10.2 Å². The van der Waals surface area contributed by atoms with Crippen LogP contribution in [-0.2, 0) is 26.2 Å². The Morgan fingerprint density at radius 1 is 0.949 bits per heavy atom. The van der Waals surface area contributed by atoms with Crippen LogP contribution in [0, 0.1) is 9.49 Å². The lowest BCUT2D eigenvalue weighted by atomic mass is 10.1. The Morgan fingerprint density at radius 3 is 2.15 bits per heavy atom. The molecule has 0 saturated heterocycles. The summed E-state index contributed by atoms with van der Waals surface area (Å²) < 4.78 is 29.6. The van der Waals surface area contributed by atoms with Gasteiger partial charge in [-0.15, -0.1) is 0 Å². The molecule has 208 valence electrons. The number of carbonyl (C=O) groups excluding carboxylic acids is 2. The molecule has 3 rings (SSSR count). The van der Waals surface area contributed by atoms with Crippen LogP contribution < -0.4 is 9.62 Å². The third kappa shape index (κ3) is 8.18. The molecule has 3 aromatic carbocycles. The van der Waals surface area contributed by atoms with Crippen molar-refractivity contribution in [2.75, 3.05) is 17.4 Å². The van der Waals surface area contributed by atoms with Crippen molar-refractivity contribution in [3.8, 4) is 0 Å². The second kappa shape index (κ2) is 14.1. The van der Waals surface area contributed by atoms with Crippen molar-refractivity contribution in [2.24, 2.45) is 5.92 Å². The Hall–Kier alpha value is -2.63. The first-order valence-electron chi connectivity index (χ1n) is 12.7. The van der Waals surface area contributed by atoms with Crippen LogP contribution in [0.2, 0.25) is 5.02 Å². The van der Waals surface area contributed by atoms with Crippen LogP contribution in [0.3, 0.4) is 0 Å². The highest BCUT2D eigenvalue weighted by Crippen LogP contribution is 2.26. The van der Waals surface area contributed by atoms with Gasteiger partial charge in [-0.1, -0.05) is 68.8 Å². The van der Waals surface area contributed by atoms with E-state index in [4.69, 9.17) is 11.6 Å². The second-order valence-corrected chi connectivity index (χ2v) is 13.0. The van der Waals surface area contributed by atoms with Gasteiger partial charge in [-0.05, 0) is 83.0 Å². The van der Waals surface area contributed by atoms with E-state index < -0.39 is 28.5 Å². The van der Waals surface area contributed by atoms with E-state index in [-0.39, 0.29) is 23.3 Å². The third-order valence-corrected chi connectivity index (χ3v) is 8.97. The Bertz CT molecular complexity index is 1370. The maximum Gasteiger partial charge on any atom is 0.264 e. The van der Waals surface area contributed by atoms with Crippen LogP contribution in [-0.4, -0.2) is 44.3 Å². The maximum absolute atomic E-state index is 14.0. The summed E-state index contributed by atoms with van der Waals surface area (Å²) in [6, 6.07) is 21.2. The van der Waals surface area contributed by atoms with E-state index in [1.165, 1.54) is 17.0 Å². The standard InChI is InChI=1S/C29H33ClIN3O4S/c1-4-27(29(36)32-18-21(2)3)33(19-22-10-8-9-13-26(22)30)28(35)20-34(24-16-14-23(31)15-17-24)39(37,38)25-11-6-5-7-12-25/h5-17,21,27H,4,18-20H2,1-3H3,(H,32,36)/t27-/m0/s1. The van der Waals surface area contributed by atoms with Crippen molar-refractivity contribution in [3.05, 3.63) is 93.0 Å². The van der Waals surface area contributed by atoms with Crippen LogP contribution in [0.25, 0.3) is 0 Å². The smallest absolute Gasteiger partial charge is 0.264 e. The molecule has 0 aromatic heterocycles. The van der Waals surface area contributed by atoms with Gasteiger partial charge in [0.1, 0.15) is 12.6 Å². The predicted molar refractivity (Wildman–Crippen MR) is 164 cm³/mol. The molecule has 0 fully saturated rings. The summed E-state index contributed by atoms with van der Waals surface area (Å²) in [7, 11) is -4.09. The number of carbonyl (C=O) groups is 2. The summed E-state index contributed by atoms with van der Waals surface area (Å²) in [5, 5.41) is 3.38. The molecule has 10 heteroatoms. The Kier molecular flexibility index (Phi) is 11.2. The van der Waals surface area contributed by atoms with Gasteiger partial charge in [-0.2, -0.15) is 0 Å². The first kappa shape index (κ1) is 30.9. The zero-order valence-electron chi connectivity index (χ0n) is 22.2. The van der Waals surface area contributed by atoms with E-state index in [1.54, 1.807) is 66.7 Å². The van der Waals surface area contributed by atoms with Crippen LogP contribution >= 0.6 is 34.2 Å². The van der Waals surface area contributed by atoms with Gasteiger partial charge in [0.05, 0.1) is 10.6 Å². The third-order valence-electron chi connectivity index (χ3n) is 6.09. The van der Waals surface area contributed by atoms with Crippen LogP contribution in [0.15, 0.2) is 83.8 Å². The number of nitrogens with zero attached hydrogens (tertiary/aromatic N) is 2. The molecule has 0 heterocycles. The van der Waals surface area contributed by atoms with Gasteiger partial charge >= 0.3 is 0 Å². The molecule has 0 saturated carbocycles. The van der Waals surface area contributed by atoms with Crippen molar-refractivity contribution in [1.82, 2.24) is 10.2 Å². The molecule has 0 aliphatic carbocycles. The van der Waals surface area contributed by atoms with Gasteiger partial charge in [0.15, 0.2) is 0 Å². The fourth-order valence-corrected chi connectivity index (χ4v) is 6.00. The molecule has 0 unspecified atom stereocenters. The molecule has 1 atom stereocenters. The molecule has 0 aliphatic rings. The number of benzene rings is 3. The lowest BCUT2D eigenvalue weighted by Crippen LogP contribution is -2.52. The van der Waals surface area contributed by atoms with E-state index in [9.17, 15) is 18.0 Å². The molecule has 0 spiro atoms. The van der Waals surface area contributed by atoms with Crippen molar-refractivity contribution in [1.29, 1.82) is 0 Å². The minimum atomic E-state index is -4.09. The molecule has 0 radical (unpaired) electrons. The number of sulfonamides is 1. The fourth-order valence-electron chi connectivity index (χ4n) is 4.01. The zero-order valence-corrected chi connectivity index (χ0v) is 25.9. The molecule has 3 aromatic rings. The maximum atomic E-state index is 14.0. The van der Waals surface area contributed by atoms with Crippen molar-refractivity contribution in [2.45, 2.75) is 44.7 Å². The van der Waals surface area contributed by atoms with Crippen molar-refractivity contribution >= 4 is 61.7 Å². The molecular formula is C29H33ClIN3O4S. The summed E-state index contributed by atoms with van der Waals surface area (Å²) in [6.45, 7) is 5.82. The second-order valence-electron chi connectivity index (χ2n) is 9.48. The molecule has 0 bridgehead atoms. The van der Waals surface area contributed by atoms with E-state index in [1.807, 2.05) is 20.8 Å². The summed E-state index contributed by atoms with van der Waals surface area (Å²) in [6.07, 6.45) is 0.342. The van der Waals surface area contributed by atoms with E-state index in [0.29, 0.717) is 29.2 Å². The van der Waals surface area contributed by atoms with E-state index in [0.717, 1.165) is 7.88 Å². The number of halogens is 2.